The van der Waals surface area contributed by atoms with Crippen LogP contribution in [0.2, 0.25) is 0 Å². The lowest BCUT2D eigenvalue weighted by atomic mass is 10.1. The van der Waals surface area contributed by atoms with Crippen LogP contribution in [0.4, 0.5) is 10.2 Å². The molecule has 0 spiro atoms. The molecule has 0 aliphatic carbocycles. The summed E-state index contributed by atoms with van der Waals surface area (Å²) in [7, 11) is 3.50. The van der Waals surface area contributed by atoms with Gasteiger partial charge in [0.05, 0.1) is 12.8 Å². The van der Waals surface area contributed by atoms with Gasteiger partial charge in [-0.05, 0) is 24.1 Å². The van der Waals surface area contributed by atoms with Gasteiger partial charge in [-0.15, -0.1) is 0 Å². The van der Waals surface area contributed by atoms with E-state index < -0.39 is 5.82 Å². The molecule has 2 aromatic heterocycles. The van der Waals surface area contributed by atoms with E-state index in [2.05, 4.69) is 20.3 Å². The van der Waals surface area contributed by atoms with Crippen LogP contribution in [-0.4, -0.2) is 26.6 Å². The maximum atomic E-state index is 14.6. The summed E-state index contributed by atoms with van der Waals surface area (Å²) in [4.78, 5) is 12.5. The third-order valence-corrected chi connectivity index (χ3v) is 4.02. The number of hydrogen-bond donors (Lipinski definition) is 1. The smallest absolute Gasteiger partial charge is 0.186 e. The maximum absolute atomic E-state index is 14.6. The van der Waals surface area contributed by atoms with Gasteiger partial charge in [0, 0.05) is 19.4 Å². The Morgan fingerprint density at radius 1 is 1.28 bits per heavy atom. The first kappa shape index (κ1) is 16.9. The van der Waals surface area contributed by atoms with Crippen LogP contribution in [0.5, 0.6) is 5.75 Å². The fourth-order valence-corrected chi connectivity index (χ4v) is 2.66. The third kappa shape index (κ3) is 3.45. The molecule has 0 aliphatic heterocycles. The van der Waals surface area contributed by atoms with Crippen molar-refractivity contribution in [3.63, 3.8) is 0 Å². The van der Waals surface area contributed by atoms with Crippen LogP contribution < -0.4 is 10.1 Å². The molecule has 0 fully saturated rings. The topological polar surface area (TPSA) is 64.9 Å². The fourth-order valence-electron chi connectivity index (χ4n) is 2.66. The van der Waals surface area contributed by atoms with E-state index in [0.717, 1.165) is 17.1 Å². The molecule has 3 aromatic rings. The van der Waals surface area contributed by atoms with Crippen molar-refractivity contribution in [2.45, 2.75) is 19.4 Å². The van der Waals surface area contributed by atoms with Crippen LogP contribution in [0.15, 0.2) is 43.0 Å². The Bertz CT molecular complexity index is 864. The van der Waals surface area contributed by atoms with E-state index in [1.54, 1.807) is 13.3 Å². The summed E-state index contributed by atoms with van der Waals surface area (Å²) in [5.74, 6) is 1.18. The molecule has 6 nitrogen and oxygen atoms in total. The fraction of sp³-hybridized carbons (Fsp3) is 0.278. The molecule has 130 valence electrons. The number of benzene rings is 1. The van der Waals surface area contributed by atoms with E-state index in [1.165, 1.54) is 6.33 Å². The standard InChI is InChI=1S/C18H20FN5O/c1-4-14-15(19)17(22-11-21-14)23-16(18-20-8-9-24(18)2)12-6-5-7-13(10-12)25-3/h5-11,16H,4H2,1-3H3,(H,21,22,23). The number of ether oxygens (including phenoxy) is 1. The zero-order valence-corrected chi connectivity index (χ0v) is 14.4. The number of nitrogens with one attached hydrogen (secondary N) is 1. The third-order valence-electron chi connectivity index (χ3n) is 4.02. The van der Waals surface area contributed by atoms with Crippen LogP contribution in [0.25, 0.3) is 0 Å². The number of nitrogens with zero attached hydrogens (tertiary/aromatic N) is 4. The lowest BCUT2D eigenvalue weighted by molar-refractivity contribution is 0.414. The van der Waals surface area contributed by atoms with E-state index in [-0.39, 0.29) is 11.9 Å². The van der Waals surface area contributed by atoms with Crippen molar-refractivity contribution < 1.29 is 9.13 Å². The normalized spacial score (nSPS) is 12.0. The summed E-state index contributed by atoms with van der Waals surface area (Å²) in [6.45, 7) is 1.85. The van der Waals surface area contributed by atoms with Crippen LogP contribution in [0.3, 0.4) is 0 Å². The van der Waals surface area contributed by atoms with Gasteiger partial charge in [0.25, 0.3) is 0 Å². The first-order valence-corrected chi connectivity index (χ1v) is 8.01. The van der Waals surface area contributed by atoms with Gasteiger partial charge in [-0.2, -0.15) is 0 Å². The quantitative estimate of drug-likeness (QED) is 0.746. The van der Waals surface area contributed by atoms with Gasteiger partial charge in [-0.25, -0.2) is 19.3 Å². The summed E-state index contributed by atoms with van der Waals surface area (Å²) in [5.41, 5.74) is 1.27. The van der Waals surface area contributed by atoms with Gasteiger partial charge in [0.15, 0.2) is 11.6 Å². The largest absolute Gasteiger partial charge is 0.497 e. The molecule has 3 rings (SSSR count). The second-order valence-electron chi connectivity index (χ2n) is 5.59. The molecule has 1 unspecified atom stereocenters. The SMILES string of the molecule is CCc1ncnc(NC(c2cccc(OC)c2)c2nccn2C)c1F. The molecule has 1 atom stereocenters. The van der Waals surface area contributed by atoms with E-state index in [9.17, 15) is 4.39 Å². The highest BCUT2D eigenvalue weighted by molar-refractivity contribution is 5.45. The summed E-state index contributed by atoms with van der Waals surface area (Å²) >= 11 is 0. The first-order valence-electron chi connectivity index (χ1n) is 8.01. The highest BCUT2D eigenvalue weighted by atomic mass is 19.1. The van der Waals surface area contributed by atoms with Gasteiger partial charge < -0.3 is 14.6 Å². The second kappa shape index (κ2) is 7.29. The van der Waals surface area contributed by atoms with Crippen molar-refractivity contribution in [1.82, 2.24) is 19.5 Å². The molecular weight excluding hydrogens is 321 g/mol. The monoisotopic (exact) mass is 341 g/mol. The Hall–Kier alpha value is -2.96. The van der Waals surface area contributed by atoms with Gasteiger partial charge in [0.2, 0.25) is 0 Å². The number of hydrogen-bond acceptors (Lipinski definition) is 5. The molecule has 0 amide bonds. The van der Waals surface area contributed by atoms with Crippen molar-refractivity contribution in [3.8, 4) is 5.75 Å². The number of imidazole rings is 1. The molecule has 0 saturated heterocycles. The number of rotatable bonds is 6. The predicted octanol–water partition coefficient (Wildman–Crippen LogP) is 3.12. The van der Waals surface area contributed by atoms with Crippen molar-refractivity contribution in [1.29, 1.82) is 0 Å². The summed E-state index contributed by atoms with van der Waals surface area (Å²) < 4.78 is 21.8. The van der Waals surface area contributed by atoms with Gasteiger partial charge in [0.1, 0.15) is 23.9 Å². The minimum absolute atomic E-state index is 0.155. The van der Waals surface area contributed by atoms with Crippen molar-refractivity contribution in [2.75, 3.05) is 12.4 Å². The zero-order valence-electron chi connectivity index (χ0n) is 14.4. The van der Waals surface area contributed by atoms with Gasteiger partial charge in [-0.3, -0.25) is 0 Å². The lowest BCUT2D eigenvalue weighted by Crippen LogP contribution is -2.19. The Kier molecular flexibility index (Phi) is 4.92. The zero-order chi connectivity index (χ0) is 17.8. The van der Waals surface area contributed by atoms with Crippen LogP contribution >= 0.6 is 0 Å². The molecule has 0 bridgehead atoms. The minimum atomic E-state index is -0.438. The van der Waals surface area contributed by atoms with Crippen LogP contribution in [-0.2, 0) is 13.5 Å². The van der Waals surface area contributed by atoms with Crippen LogP contribution in [0.1, 0.15) is 30.0 Å². The molecule has 0 aliphatic rings. The molecular formula is C18H20FN5O. The molecule has 1 aromatic carbocycles. The van der Waals surface area contributed by atoms with Crippen molar-refractivity contribution in [2.24, 2.45) is 7.05 Å². The Morgan fingerprint density at radius 2 is 2.12 bits per heavy atom. The highest BCUT2D eigenvalue weighted by Crippen LogP contribution is 2.28. The Labute approximate surface area is 145 Å². The maximum Gasteiger partial charge on any atom is 0.186 e. The van der Waals surface area contributed by atoms with Crippen LogP contribution in [0, 0.1) is 5.82 Å². The lowest BCUT2D eigenvalue weighted by Gasteiger charge is -2.20. The van der Waals surface area contributed by atoms with Crippen molar-refractivity contribution >= 4 is 5.82 Å². The number of halogens is 1. The molecule has 0 radical (unpaired) electrons. The molecule has 1 N–H and O–H groups in total. The number of methoxy groups -OCH3 is 1. The predicted molar refractivity (Wildman–Crippen MR) is 93.0 cm³/mol. The number of aryl methyl sites for hydroxylation is 2. The van der Waals surface area contributed by atoms with Gasteiger partial charge in [-0.1, -0.05) is 19.1 Å². The Morgan fingerprint density at radius 3 is 2.80 bits per heavy atom. The van der Waals surface area contributed by atoms with E-state index in [1.807, 2.05) is 49.0 Å². The van der Waals surface area contributed by atoms with E-state index >= 15 is 0 Å². The van der Waals surface area contributed by atoms with Gasteiger partial charge >= 0.3 is 0 Å². The average molecular weight is 341 g/mol. The second-order valence-corrected chi connectivity index (χ2v) is 5.59. The number of anilines is 1. The minimum Gasteiger partial charge on any atom is -0.497 e. The molecule has 0 saturated carbocycles. The molecule has 7 heteroatoms. The average Bonchev–Trinajstić information content (AvgIpc) is 3.06. The highest BCUT2D eigenvalue weighted by Gasteiger charge is 2.22. The number of aromatic nitrogens is 4. The Balaban J connectivity index is 2.05. The van der Waals surface area contributed by atoms with E-state index in [4.69, 9.17) is 4.74 Å². The molecule has 2 heterocycles. The summed E-state index contributed by atoms with van der Waals surface area (Å²) in [5, 5.41) is 3.17. The van der Waals surface area contributed by atoms with E-state index in [0.29, 0.717) is 12.1 Å². The first-order chi connectivity index (χ1) is 12.1. The van der Waals surface area contributed by atoms with Crippen molar-refractivity contribution in [3.05, 3.63) is 65.9 Å². The summed E-state index contributed by atoms with van der Waals surface area (Å²) in [6, 6.07) is 7.20. The summed E-state index contributed by atoms with van der Waals surface area (Å²) in [6.07, 6.45) is 5.41. The molecule has 25 heavy (non-hydrogen) atoms.